The lowest BCUT2D eigenvalue weighted by Crippen LogP contribution is -2.62. The van der Waals surface area contributed by atoms with Crippen molar-refractivity contribution in [2.45, 2.75) is 77.9 Å². The fourth-order valence-electron chi connectivity index (χ4n) is 5.36. The van der Waals surface area contributed by atoms with Crippen LogP contribution >= 0.6 is 0 Å². The summed E-state index contributed by atoms with van der Waals surface area (Å²) >= 11 is 0. The van der Waals surface area contributed by atoms with Crippen molar-refractivity contribution >= 4 is 11.9 Å². The molecule has 0 radical (unpaired) electrons. The molecule has 25 heavy (non-hydrogen) atoms. The Morgan fingerprint density at radius 2 is 2.00 bits per heavy atom. The van der Waals surface area contributed by atoms with E-state index in [2.05, 4.69) is 6.58 Å². The highest BCUT2D eigenvalue weighted by atomic mass is 16.6. The van der Waals surface area contributed by atoms with E-state index in [1.807, 2.05) is 13.8 Å². The van der Waals surface area contributed by atoms with Crippen molar-refractivity contribution in [3.05, 3.63) is 12.7 Å². The molecule has 0 aromatic carbocycles. The molecule has 1 heterocycles. The Bertz CT molecular complexity index is 579. The van der Waals surface area contributed by atoms with Crippen LogP contribution in [0.2, 0.25) is 0 Å². The third-order valence-corrected chi connectivity index (χ3v) is 6.93. The number of hydrogen-bond acceptors (Lipinski definition) is 4. The number of hydrogen-bond donors (Lipinski definition) is 2. The van der Waals surface area contributed by atoms with Gasteiger partial charge in [-0.3, -0.25) is 9.59 Å². The fraction of sp³-hybridized carbons (Fsp3) is 0.800. The van der Waals surface area contributed by atoms with E-state index in [-0.39, 0.29) is 24.2 Å². The minimum Gasteiger partial charge on any atom is -0.481 e. The van der Waals surface area contributed by atoms with Crippen LogP contribution in [0.4, 0.5) is 0 Å². The summed E-state index contributed by atoms with van der Waals surface area (Å²) in [5, 5.41) is 20.1. The molecule has 5 atom stereocenters. The lowest BCUT2D eigenvalue weighted by molar-refractivity contribution is -0.227. The van der Waals surface area contributed by atoms with Gasteiger partial charge in [-0.05, 0) is 64.7 Å². The van der Waals surface area contributed by atoms with Gasteiger partial charge in [-0.1, -0.05) is 13.0 Å². The van der Waals surface area contributed by atoms with Crippen molar-refractivity contribution in [2.75, 3.05) is 0 Å². The number of carboxylic acid groups (broad SMARTS) is 1. The topological polar surface area (TPSA) is 83.8 Å². The number of ether oxygens (including phenoxy) is 1. The van der Waals surface area contributed by atoms with Crippen molar-refractivity contribution in [1.29, 1.82) is 0 Å². The highest BCUT2D eigenvalue weighted by Crippen LogP contribution is 2.62. The van der Waals surface area contributed by atoms with E-state index in [4.69, 9.17) is 4.74 Å². The zero-order valence-electron chi connectivity index (χ0n) is 16.1. The lowest BCUT2D eigenvalue weighted by Gasteiger charge is -2.61. The van der Waals surface area contributed by atoms with E-state index in [1.54, 1.807) is 20.8 Å². The average molecular weight is 352 g/mol. The summed E-state index contributed by atoms with van der Waals surface area (Å²) in [6.45, 7) is 12.9. The quantitative estimate of drug-likeness (QED) is 0.564. The number of fused-ring (bicyclic) bond motifs is 2. The smallest absolute Gasteiger partial charge is 0.309 e. The zero-order valence-corrected chi connectivity index (χ0v) is 16.1. The Balaban J connectivity index is 2.43. The first kappa shape index (κ1) is 20.0. The third-order valence-electron chi connectivity index (χ3n) is 6.93. The van der Waals surface area contributed by atoms with Gasteiger partial charge in [0.05, 0.1) is 17.4 Å². The van der Waals surface area contributed by atoms with E-state index < -0.39 is 28.0 Å². The van der Waals surface area contributed by atoms with E-state index in [1.165, 1.54) is 6.08 Å². The van der Waals surface area contributed by atoms with Crippen molar-refractivity contribution in [2.24, 2.45) is 22.7 Å². The minimum absolute atomic E-state index is 0.00139. The summed E-state index contributed by atoms with van der Waals surface area (Å²) in [6.07, 6.45) is 4.28. The van der Waals surface area contributed by atoms with Gasteiger partial charge in [0.25, 0.3) is 0 Å². The number of esters is 1. The molecule has 5 unspecified atom stereocenters. The largest absolute Gasteiger partial charge is 0.481 e. The van der Waals surface area contributed by atoms with Gasteiger partial charge in [0.1, 0.15) is 5.60 Å². The Hall–Kier alpha value is -1.36. The van der Waals surface area contributed by atoms with Gasteiger partial charge >= 0.3 is 11.9 Å². The molecule has 1 saturated heterocycles. The first-order valence-corrected chi connectivity index (χ1v) is 9.10. The number of rotatable bonds is 6. The molecular formula is C20H32O5. The SMILES string of the molecule is C=CC(C)(O)CCC1C2(C)CCC(C(C)(C)C(=O)O)C1(C)CC(=O)O2. The zero-order chi connectivity index (χ0) is 19.3. The summed E-state index contributed by atoms with van der Waals surface area (Å²) in [6, 6.07) is 0. The van der Waals surface area contributed by atoms with Crippen LogP contribution in [0.5, 0.6) is 0 Å². The monoisotopic (exact) mass is 352 g/mol. The molecule has 2 rings (SSSR count). The fourth-order valence-corrected chi connectivity index (χ4v) is 5.36. The van der Waals surface area contributed by atoms with Crippen LogP contribution in [0, 0.1) is 22.7 Å². The molecule has 0 aromatic rings. The van der Waals surface area contributed by atoms with E-state index in [0.717, 1.165) is 0 Å². The van der Waals surface area contributed by atoms with Crippen LogP contribution in [0.25, 0.3) is 0 Å². The summed E-state index contributed by atoms with van der Waals surface area (Å²) in [5.41, 5.74) is -2.99. The molecule has 2 fully saturated rings. The predicted molar refractivity (Wildman–Crippen MR) is 94.9 cm³/mol. The first-order chi connectivity index (χ1) is 11.3. The van der Waals surface area contributed by atoms with Crippen LogP contribution in [-0.2, 0) is 14.3 Å². The van der Waals surface area contributed by atoms with Crippen molar-refractivity contribution < 1.29 is 24.5 Å². The number of aliphatic hydroxyl groups is 1. The second kappa shape index (κ2) is 6.11. The molecule has 2 N–H and O–H groups in total. The van der Waals surface area contributed by atoms with Crippen molar-refractivity contribution in [1.82, 2.24) is 0 Å². The predicted octanol–water partition coefficient (Wildman–Crippen LogP) is 3.55. The molecule has 1 saturated carbocycles. The molecule has 5 nitrogen and oxygen atoms in total. The summed E-state index contributed by atoms with van der Waals surface area (Å²) < 4.78 is 5.75. The normalized spacial score (nSPS) is 37.8. The van der Waals surface area contributed by atoms with Crippen LogP contribution in [0.1, 0.15) is 66.7 Å². The Morgan fingerprint density at radius 3 is 2.52 bits per heavy atom. The van der Waals surface area contributed by atoms with Gasteiger partial charge in [-0.25, -0.2) is 0 Å². The highest BCUT2D eigenvalue weighted by molar-refractivity contribution is 5.76. The van der Waals surface area contributed by atoms with Crippen LogP contribution in [0.3, 0.4) is 0 Å². The van der Waals surface area contributed by atoms with Crippen LogP contribution in [0.15, 0.2) is 12.7 Å². The molecule has 5 heteroatoms. The van der Waals surface area contributed by atoms with Gasteiger partial charge in [0.15, 0.2) is 0 Å². The van der Waals surface area contributed by atoms with E-state index >= 15 is 0 Å². The first-order valence-electron chi connectivity index (χ1n) is 9.10. The summed E-state index contributed by atoms with van der Waals surface area (Å²) in [4.78, 5) is 24.2. The van der Waals surface area contributed by atoms with Gasteiger partial charge in [-0.15, -0.1) is 6.58 Å². The number of carbonyl (C=O) groups excluding carboxylic acids is 1. The maximum Gasteiger partial charge on any atom is 0.309 e. The molecule has 0 amide bonds. The molecule has 0 spiro atoms. The summed E-state index contributed by atoms with van der Waals surface area (Å²) in [5.74, 6) is -1.21. The van der Waals surface area contributed by atoms with Crippen LogP contribution < -0.4 is 0 Å². The molecule has 1 aliphatic carbocycles. The second-order valence-electron chi connectivity index (χ2n) is 9.24. The highest BCUT2D eigenvalue weighted by Gasteiger charge is 2.63. The van der Waals surface area contributed by atoms with Gasteiger partial charge in [0, 0.05) is 5.92 Å². The minimum atomic E-state index is -0.986. The van der Waals surface area contributed by atoms with Gasteiger partial charge in [0.2, 0.25) is 0 Å². The number of carboxylic acids is 1. The van der Waals surface area contributed by atoms with E-state index in [0.29, 0.717) is 25.7 Å². The molecule has 142 valence electrons. The lowest BCUT2D eigenvalue weighted by atomic mass is 9.47. The van der Waals surface area contributed by atoms with E-state index in [9.17, 15) is 19.8 Å². The Kier molecular flexibility index (Phi) is 4.88. The number of carbonyl (C=O) groups is 2. The van der Waals surface area contributed by atoms with Crippen molar-refractivity contribution in [3.63, 3.8) is 0 Å². The molecule has 0 aromatic heterocycles. The maximum atomic E-state index is 12.3. The molecule has 2 bridgehead atoms. The molecule has 2 aliphatic rings. The number of aliphatic carboxylic acids is 1. The Labute approximate surface area is 150 Å². The van der Waals surface area contributed by atoms with Crippen LogP contribution in [-0.4, -0.2) is 33.4 Å². The van der Waals surface area contributed by atoms with Gasteiger partial charge < -0.3 is 14.9 Å². The average Bonchev–Trinajstić information content (AvgIpc) is 2.44. The van der Waals surface area contributed by atoms with Gasteiger partial charge in [-0.2, -0.15) is 0 Å². The maximum absolute atomic E-state index is 12.3. The molecule has 1 aliphatic heterocycles. The standard InChI is InChI=1S/C20H32O5/c1-7-18(4,24)10-8-14-19(5)12-15(21)25-20(14,6)11-9-13(19)17(2,3)16(22)23/h7,13-14,24H,1,8-12H2,2-6H3,(H,22,23). The summed E-state index contributed by atoms with van der Waals surface area (Å²) in [7, 11) is 0. The van der Waals surface area contributed by atoms with Crippen molar-refractivity contribution in [3.8, 4) is 0 Å². The Morgan fingerprint density at radius 1 is 1.40 bits per heavy atom. The third kappa shape index (κ3) is 3.35. The molecular weight excluding hydrogens is 320 g/mol. The second-order valence-corrected chi connectivity index (χ2v) is 9.24.